The van der Waals surface area contributed by atoms with E-state index in [0.717, 1.165) is 50.0 Å². The lowest BCUT2D eigenvalue weighted by atomic mass is 10.2. The molecule has 20 heteroatoms. The van der Waals surface area contributed by atoms with Gasteiger partial charge < -0.3 is 40.0 Å². The number of pyridine rings is 2. The number of rotatable bonds is 12. The molecule has 2 saturated carbocycles. The number of aromatic nitrogens is 6. The molecule has 2 fully saturated rings. The van der Waals surface area contributed by atoms with Crippen molar-refractivity contribution in [1.29, 1.82) is 0 Å². The van der Waals surface area contributed by atoms with E-state index in [1.807, 2.05) is 0 Å². The van der Waals surface area contributed by atoms with Crippen LogP contribution in [-0.4, -0.2) is 54.9 Å². The van der Waals surface area contributed by atoms with Crippen LogP contribution >= 0.6 is 0 Å². The van der Waals surface area contributed by atoms with E-state index >= 15 is 0 Å². The number of anilines is 2. The van der Waals surface area contributed by atoms with Gasteiger partial charge in [-0.25, -0.2) is 19.6 Å². The second-order valence-corrected chi connectivity index (χ2v) is 13.9. The maximum Gasteiger partial charge on any atom is 0.433 e. The Balaban J connectivity index is 0.000000181. The summed E-state index contributed by atoms with van der Waals surface area (Å²) in [7, 11) is 0. The monoisotopic (exact) mass is 836 g/mol. The van der Waals surface area contributed by atoms with Crippen LogP contribution in [0, 0.1) is 11.8 Å². The van der Waals surface area contributed by atoms with Gasteiger partial charge in [-0.05, 0) is 98.2 Å². The van der Waals surface area contributed by atoms with Crippen LogP contribution in [-0.2, 0) is 21.9 Å². The molecule has 6 aromatic rings. The van der Waals surface area contributed by atoms with Gasteiger partial charge in [-0.3, -0.25) is 9.59 Å². The van der Waals surface area contributed by atoms with Gasteiger partial charge >= 0.3 is 23.7 Å². The van der Waals surface area contributed by atoms with Crippen LogP contribution in [0.2, 0.25) is 0 Å². The fraction of sp³-hybridized carbons (Fsp3) is 0.250. The number of alkyl halides is 6. The van der Waals surface area contributed by atoms with Crippen molar-refractivity contribution < 1.29 is 45.4 Å². The normalized spacial score (nSPS) is 14.4. The first-order valence-corrected chi connectivity index (χ1v) is 18.4. The highest BCUT2D eigenvalue weighted by Crippen LogP contribution is 2.35. The number of halogens is 6. The zero-order valence-electron chi connectivity index (χ0n) is 31.1. The molecule has 4 aromatic heterocycles. The molecule has 0 saturated heterocycles. The molecule has 2 aromatic carbocycles. The van der Waals surface area contributed by atoms with Gasteiger partial charge in [0.25, 0.3) is 0 Å². The predicted octanol–water partition coefficient (Wildman–Crippen LogP) is 7.42. The Hall–Kier alpha value is -7.12. The van der Waals surface area contributed by atoms with Crippen LogP contribution in [0.5, 0.6) is 11.8 Å². The average Bonchev–Trinajstić information content (AvgIpc) is 4.13. The molecule has 6 N–H and O–H groups in total. The molecule has 8 rings (SSSR count). The fourth-order valence-electron chi connectivity index (χ4n) is 5.67. The maximum atomic E-state index is 13.0. The van der Waals surface area contributed by atoms with Crippen molar-refractivity contribution >= 4 is 57.4 Å². The van der Waals surface area contributed by atoms with E-state index in [1.165, 1.54) is 24.3 Å². The number of fused-ring (bicyclic) bond motifs is 2. The van der Waals surface area contributed by atoms with Crippen molar-refractivity contribution in [2.75, 3.05) is 23.8 Å². The molecule has 4 heterocycles. The quantitative estimate of drug-likeness (QED) is 0.0540. The summed E-state index contributed by atoms with van der Waals surface area (Å²) in [4.78, 5) is 65.0. The molecule has 0 bridgehead atoms. The number of H-pyrrole nitrogens is 4. The van der Waals surface area contributed by atoms with Crippen LogP contribution in [0.3, 0.4) is 0 Å². The minimum atomic E-state index is -4.59. The molecule has 2 aliphatic rings. The van der Waals surface area contributed by atoms with Gasteiger partial charge in [-0.1, -0.05) is 12.1 Å². The summed E-state index contributed by atoms with van der Waals surface area (Å²) in [5.74, 6) is -0.748. The molecule has 312 valence electrons. The zero-order valence-corrected chi connectivity index (χ0v) is 31.1. The van der Waals surface area contributed by atoms with E-state index in [9.17, 15) is 45.5 Å². The number of ether oxygens (including phenoxy) is 2. The summed E-state index contributed by atoms with van der Waals surface area (Å²) >= 11 is 0. The lowest BCUT2D eigenvalue weighted by molar-refractivity contribution is -0.142. The van der Waals surface area contributed by atoms with Gasteiger partial charge in [0.1, 0.15) is 11.4 Å². The Morgan fingerprint density at radius 2 is 1.02 bits per heavy atom. The zero-order chi connectivity index (χ0) is 42.6. The van der Waals surface area contributed by atoms with Crippen molar-refractivity contribution in [2.24, 2.45) is 11.8 Å². The molecule has 0 spiro atoms. The predicted molar refractivity (Wildman–Crippen MR) is 208 cm³/mol. The molecular formula is C40H34F6N8O6. The maximum absolute atomic E-state index is 13.0. The summed E-state index contributed by atoms with van der Waals surface area (Å²) in [6, 6.07) is 14.0. The van der Waals surface area contributed by atoms with Gasteiger partial charge in [-0.2, -0.15) is 26.3 Å². The minimum Gasteiger partial charge on any atom is -0.477 e. The van der Waals surface area contributed by atoms with E-state index < -0.39 is 46.9 Å². The van der Waals surface area contributed by atoms with E-state index in [2.05, 4.69) is 40.5 Å². The van der Waals surface area contributed by atoms with Gasteiger partial charge in [0.2, 0.25) is 23.6 Å². The molecule has 14 nitrogen and oxygen atoms in total. The van der Waals surface area contributed by atoms with Crippen molar-refractivity contribution in [1.82, 2.24) is 29.9 Å². The Labute approximate surface area is 334 Å². The highest BCUT2D eigenvalue weighted by molar-refractivity contribution is 6.07. The molecule has 0 unspecified atom stereocenters. The minimum absolute atomic E-state index is 0.169. The Morgan fingerprint density at radius 1 is 0.617 bits per heavy atom. The fourth-order valence-corrected chi connectivity index (χ4v) is 5.67. The van der Waals surface area contributed by atoms with Crippen molar-refractivity contribution in [3.8, 4) is 11.8 Å². The first-order chi connectivity index (χ1) is 28.6. The number of nitrogens with one attached hydrogen (secondary N) is 6. The van der Waals surface area contributed by atoms with Crippen molar-refractivity contribution in [3.63, 3.8) is 0 Å². The van der Waals surface area contributed by atoms with Crippen LogP contribution < -0.4 is 31.5 Å². The van der Waals surface area contributed by atoms with Gasteiger partial charge in [0, 0.05) is 23.3 Å². The Bertz CT molecular complexity index is 2540. The molecule has 0 radical (unpaired) electrons. The highest BCUT2D eigenvalue weighted by Gasteiger charge is 2.34. The first-order valence-electron chi connectivity index (χ1n) is 18.4. The topological polar surface area (TPSA) is 200 Å². The second-order valence-electron chi connectivity index (χ2n) is 13.9. The first kappa shape index (κ1) is 41.1. The standard InChI is InChI=1S/2C20H17F3N4O3/c2*21-20(22,23)15-8-6-12(18(26-15)30-10-11-4-5-11)7-9-16(28)24-13-2-1-3-14-17(13)27-19(29)25-14/h2*1-3,6-9,11H,4-5,10H2,(H,24,28)(H2,25,27,29)/b2*9-7+. The van der Waals surface area contributed by atoms with E-state index in [1.54, 1.807) is 36.4 Å². The number of para-hydroxylation sites is 2. The van der Waals surface area contributed by atoms with Crippen LogP contribution in [0.15, 0.2) is 82.4 Å². The summed E-state index contributed by atoms with van der Waals surface area (Å²) in [6.07, 6.45) is -0.296. The van der Waals surface area contributed by atoms with Crippen molar-refractivity contribution in [3.05, 3.63) is 116 Å². The molecule has 0 aliphatic heterocycles. The third-order valence-corrected chi connectivity index (χ3v) is 9.11. The second kappa shape index (κ2) is 17.0. The van der Waals surface area contributed by atoms with Gasteiger partial charge in [0.05, 0.1) is 46.7 Å². The Kier molecular flexibility index (Phi) is 11.6. The lowest BCUT2D eigenvalue weighted by Crippen LogP contribution is -2.11. The summed E-state index contributed by atoms with van der Waals surface area (Å²) in [6.45, 7) is 0.564. The largest absolute Gasteiger partial charge is 0.477 e. The third kappa shape index (κ3) is 10.7. The molecule has 2 amide bonds. The average molecular weight is 837 g/mol. The van der Waals surface area contributed by atoms with E-state index in [4.69, 9.17) is 9.47 Å². The number of carbonyl (C=O) groups is 2. The summed E-state index contributed by atoms with van der Waals surface area (Å²) in [5, 5.41) is 5.25. The van der Waals surface area contributed by atoms with Crippen LogP contribution in [0.1, 0.15) is 48.2 Å². The Morgan fingerprint density at radius 3 is 1.38 bits per heavy atom. The highest BCUT2D eigenvalue weighted by atomic mass is 19.4. The van der Waals surface area contributed by atoms with Crippen LogP contribution in [0.4, 0.5) is 37.7 Å². The molecular weight excluding hydrogens is 802 g/mol. The molecule has 60 heavy (non-hydrogen) atoms. The number of nitrogens with zero attached hydrogens (tertiary/aromatic N) is 2. The molecule has 0 atom stereocenters. The number of hydrogen-bond acceptors (Lipinski definition) is 8. The van der Waals surface area contributed by atoms with Crippen LogP contribution in [0.25, 0.3) is 34.2 Å². The lowest BCUT2D eigenvalue weighted by Gasteiger charge is -2.11. The number of amides is 2. The van der Waals surface area contributed by atoms with Gasteiger partial charge in [0.15, 0.2) is 0 Å². The number of imidazole rings is 2. The van der Waals surface area contributed by atoms with E-state index in [-0.39, 0.29) is 36.1 Å². The van der Waals surface area contributed by atoms with Gasteiger partial charge in [-0.15, -0.1) is 0 Å². The number of hydrogen-bond donors (Lipinski definition) is 6. The number of carbonyl (C=O) groups excluding carboxylic acids is 2. The SMILES string of the molecule is O=C(/C=C/c1ccc(C(F)(F)F)nc1OCC1CC1)Nc1cccc2[nH]c(=O)[nH]c12.O=C(/C=C/c1ccc(C(F)(F)F)nc1OCC1CC1)Nc1cccc2[nH]c(=O)[nH]c12. The summed E-state index contributed by atoms with van der Waals surface area (Å²) in [5.41, 5.74) is 0.297. The van der Waals surface area contributed by atoms with E-state index in [0.29, 0.717) is 45.3 Å². The summed E-state index contributed by atoms with van der Waals surface area (Å²) < 4.78 is 88.8. The smallest absolute Gasteiger partial charge is 0.433 e. The number of aromatic amines is 4. The van der Waals surface area contributed by atoms with Crippen molar-refractivity contribution in [2.45, 2.75) is 38.0 Å². The molecule has 2 aliphatic carbocycles. The third-order valence-electron chi connectivity index (χ3n) is 9.11. The number of benzene rings is 2.